The van der Waals surface area contributed by atoms with E-state index in [9.17, 15) is 35.1 Å². The number of hydrogen-bond acceptors (Lipinski definition) is 13. The fourth-order valence-corrected chi connectivity index (χ4v) is 12.7. The first-order chi connectivity index (χ1) is 27.0. The predicted octanol–water partition coefficient (Wildman–Crippen LogP) is 3.18. The summed E-state index contributed by atoms with van der Waals surface area (Å²) in [7, 11) is 0. The molecule has 13 heteroatoms. The maximum Gasteiger partial charge on any atom is 0.331 e. The van der Waals surface area contributed by atoms with Crippen LogP contribution in [0, 0.1) is 41.4 Å². The largest absolute Gasteiger partial charge is 0.458 e. The van der Waals surface area contributed by atoms with Crippen LogP contribution in [0.5, 0.6) is 0 Å². The molecule has 7 heterocycles. The Morgan fingerprint density at radius 3 is 2.35 bits per heavy atom. The van der Waals surface area contributed by atoms with Gasteiger partial charge < -0.3 is 54.0 Å². The van der Waals surface area contributed by atoms with Gasteiger partial charge in [-0.2, -0.15) is 0 Å². The smallest absolute Gasteiger partial charge is 0.331 e. The van der Waals surface area contributed by atoms with Crippen LogP contribution in [0.15, 0.2) is 54.6 Å². The van der Waals surface area contributed by atoms with Gasteiger partial charge in [0.05, 0.1) is 23.7 Å². The second kappa shape index (κ2) is 13.4. The summed E-state index contributed by atoms with van der Waals surface area (Å²) < 4.78 is 39.5. The van der Waals surface area contributed by atoms with E-state index >= 15 is 0 Å². The summed E-state index contributed by atoms with van der Waals surface area (Å²) in [6, 6.07) is 9.06. The first kappa shape index (κ1) is 39.7. The molecule has 1 spiro atoms. The minimum absolute atomic E-state index is 0.00929. The van der Waals surface area contributed by atoms with Crippen molar-refractivity contribution in [3.05, 3.63) is 60.2 Å². The third-order valence-corrected chi connectivity index (χ3v) is 15.9. The number of fused-ring (bicyclic) bond motifs is 2. The molecule has 13 nitrogen and oxygen atoms in total. The molecule has 0 radical (unpaired) electrons. The molecule has 1 aromatic rings. The molecule has 312 valence electrons. The number of carbonyl (C=O) groups is 2. The van der Waals surface area contributed by atoms with E-state index in [1.54, 1.807) is 31.2 Å². The van der Waals surface area contributed by atoms with Crippen molar-refractivity contribution in [2.45, 2.75) is 150 Å². The Balaban J connectivity index is 1.20. The number of aliphatic hydroxyl groups is 5. The van der Waals surface area contributed by atoms with Crippen LogP contribution in [-0.4, -0.2) is 109 Å². The van der Waals surface area contributed by atoms with E-state index < -0.39 is 107 Å². The average Bonchev–Trinajstić information content (AvgIpc) is 3.88. The average molecular weight is 795 g/mol. The van der Waals surface area contributed by atoms with Crippen LogP contribution in [0.1, 0.15) is 85.1 Å². The summed E-state index contributed by atoms with van der Waals surface area (Å²) in [5, 5.41) is 63.1. The molecular formula is C44H58O13. The summed E-state index contributed by atoms with van der Waals surface area (Å²) in [6.45, 7) is 8.40. The molecule has 11 aliphatic rings. The quantitative estimate of drug-likeness (QED) is 0.216. The van der Waals surface area contributed by atoms with Crippen LogP contribution in [0.4, 0.5) is 0 Å². The summed E-state index contributed by atoms with van der Waals surface area (Å²) >= 11 is 0. The van der Waals surface area contributed by atoms with E-state index in [0.717, 1.165) is 0 Å². The molecule has 1 aromatic carbocycles. The van der Waals surface area contributed by atoms with Gasteiger partial charge in [-0.15, -0.1) is 0 Å². The number of hydrogen-bond donors (Lipinski definition) is 5. The van der Waals surface area contributed by atoms with Crippen molar-refractivity contribution in [2.75, 3.05) is 6.61 Å². The fraction of sp³-hybridized carbons (Fsp3) is 0.727. The van der Waals surface area contributed by atoms with E-state index in [4.69, 9.17) is 28.4 Å². The lowest BCUT2D eigenvalue weighted by molar-refractivity contribution is -0.595. The van der Waals surface area contributed by atoms with Crippen molar-refractivity contribution >= 4 is 11.9 Å². The minimum atomic E-state index is -2.21. The topological polar surface area (TPSA) is 194 Å². The van der Waals surface area contributed by atoms with Gasteiger partial charge in [0.2, 0.25) is 0 Å². The van der Waals surface area contributed by atoms with Gasteiger partial charge in [-0.05, 0) is 75.7 Å². The first-order valence-electron chi connectivity index (χ1n) is 21.0. The van der Waals surface area contributed by atoms with Crippen molar-refractivity contribution in [1.82, 2.24) is 0 Å². The monoisotopic (exact) mass is 794 g/mol. The molecule has 12 rings (SSSR count). The van der Waals surface area contributed by atoms with Gasteiger partial charge in [-0.1, -0.05) is 70.2 Å². The second-order valence-electron chi connectivity index (χ2n) is 18.9. The van der Waals surface area contributed by atoms with Crippen LogP contribution < -0.4 is 0 Å². The maximum absolute atomic E-state index is 13.7. The molecule has 0 amide bonds. The van der Waals surface area contributed by atoms with Gasteiger partial charge in [0.15, 0.2) is 0 Å². The van der Waals surface area contributed by atoms with E-state index in [-0.39, 0.29) is 36.6 Å². The molecular weight excluding hydrogens is 736 g/mol. The lowest BCUT2D eigenvalue weighted by Crippen LogP contribution is -2.89. The summed E-state index contributed by atoms with van der Waals surface area (Å²) in [4.78, 5) is 26.7. The lowest BCUT2D eigenvalue weighted by atomic mass is 9.49. The van der Waals surface area contributed by atoms with Crippen LogP contribution >= 0.6 is 0 Å². The van der Waals surface area contributed by atoms with Gasteiger partial charge in [0.25, 0.3) is 0 Å². The zero-order chi connectivity index (χ0) is 40.5. The Labute approximate surface area is 333 Å². The van der Waals surface area contributed by atoms with Crippen molar-refractivity contribution in [3.63, 3.8) is 0 Å². The normalized spacial score (nSPS) is 52.6. The van der Waals surface area contributed by atoms with Gasteiger partial charge in [-0.25, -0.2) is 4.79 Å². The zero-order valence-electron chi connectivity index (χ0n) is 33.4. The molecule has 17 unspecified atom stereocenters. The minimum Gasteiger partial charge on any atom is -0.458 e. The Morgan fingerprint density at radius 1 is 0.965 bits per heavy atom. The molecule has 11 bridgehead atoms. The van der Waals surface area contributed by atoms with Crippen LogP contribution in [0.2, 0.25) is 0 Å². The number of carbonyl (C=O) groups excluding carboxylic acids is 2. The highest BCUT2D eigenvalue weighted by Gasteiger charge is 2.91. The highest BCUT2D eigenvalue weighted by atomic mass is 16.9. The molecule has 5 N–H and O–H groups in total. The second-order valence-corrected chi connectivity index (χ2v) is 18.9. The number of ether oxygens (including phenoxy) is 6. The molecule has 4 saturated carbocycles. The summed E-state index contributed by atoms with van der Waals surface area (Å²) in [5.74, 6) is -6.35. The molecule has 0 aromatic heterocycles. The maximum atomic E-state index is 13.7. The lowest BCUT2D eigenvalue weighted by Gasteiger charge is -2.74. The predicted molar refractivity (Wildman–Crippen MR) is 200 cm³/mol. The van der Waals surface area contributed by atoms with Crippen molar-refractivity contribution in [3.8, 4) is 0 Å². The Hall–Kier alpha value is -2.72. The van der Waals surface area contributed by atoms with Crippen LogP contribution in [0.3, 0.4) is 0 Å². The van der Waals surface area contributed by atoms with Crippen molar-refractivity contribution in [2.24, 2.45) is 41.4 Å². The number of allylic oxidation sites excluding steroid dienone is 2. The Morgan fingerprint density at radius 2 is 1.67 bits per heavy atom. The first-order valence-corrected chi connectivity index (χ1v) is 21.0. The zero-order valence-corrected chi connectivity index (χ0v) is 33.4. The van der Waals surface area contributed by atoms with Crippen molar-refractivity contribution in [1.29, 1.82) is 0 Å². The highest BCUT2D eigenvalue weighted by molar-refractivity contribution is 5.82. The van der Waals surface area contributed by atoms with Gasteiger partial charge >= 0.3 is 17.9 Å². The summed E-state index contributed by atoms with van der Waals surface area (Å²) in [5.41, 5.74) is -8.71. The van der Waals surface area contributed by atoms with Crippen molar-refractivity contribution < 1.29 is 63.5 Å². The van der Waals surface area contributed by atoms with Gasteiger partial charge in [-0.3, -0.25) is 4.79 Å². The molecule has 17 atom stereocenters. The fourth-order valence-electron chi connectivity index (χ4n) is 12.7. The molecule has 7 aliphatic heterocycles. The standard InChI is InChI=1S/C44H58O13/c1-6-23(2)37(47)52-29-14-10-11-15-31(46)53-33-24(3)20-30-41(33,50)38(48)40(22-45)35(54-40)32-36-43(51,39(5,49)21-26-16-18-27(29)19-17-26)34-25(4)42(30,32)57-44(55-34,56-36)28-12-8-7-9-13-28/h7-15,23-27,29-30,32-36,38,45,48-51H,6,16-22H2,1-5H3. The summed E-state index contributed by atoms with van der Waals surface area (Å²) in [6.07, 6.45) is 3.20. The Bertz CT molecular complexity index is 1810. The molecule has 4 aliphatic carbocycles. The third kappa shape index (κ3) is 5.32. The number of rotatable bonds is 5. The van der Waals surface area contributed by atoms with E-state index in [2.05, 4.69) is 0 Å². The third-order valence-electron chi connectivity index (χ3n) is 15.9. The Kier molecular flexibility index (Phi) is 9.33. The van der Waals surface area contributed by atoms with E-state index in [0.29, 0.717) is 37.7 Å². The highest BCUT2D eigenvalue weighted by Crippen LogP contribution is 2.75. The van der Waals surface area contributed by atoms with Crippen LogP contribution in [-0.2, 0) is 44.0 Å². The SMILES string of the molecule is CCC(C)C(=O)OC1C=CC=CC(=O)OC2C(C)CC3C2(O)C(O)C2(CO)OC2C2C4OC5(c6ccccc6)OC(C(C)C23O5)C4(O)C(C)(O)CC2CCC1CC2. The number of epoxide rings is 1. The number of esters is 2. The molecule has 8 fully saturated rings. The van der Waals surface area contributed by atoms with Gasteiger partial charge in [0, 0.05) is 29.4 Å². The molecule has 57 heavy (non-hydrogen) atoms. The number of benzene rings is 1. The van der Waals surface area contributed by atoms with Gasteiger partial charge in [0.1, 0.15) is 53.4 Å². The number of aliphatic hydroxyl groups excluding tert-OH is 2. The molecule has 4 saturated heterocycles. The van der Waals surface area contributed by atoms with Crippen LogP contribution in [0.25, 0.3) is 0 Å². The van der Waals surface area contributed by atoms with E-state index in [1.807, 2.05) is 45.9 Å². The van der Waals surface area contributed by atoms with E-state index in [1.165, 1.54) is 12.2 Å².